The largest absolute Gasteiger partial charge is 0.452 e. The zero-order valence-electron chi connectivity index (χ0n) is 13.6. The number of likely N-dealkylation sites (N-methyl/N-ethyl adjacent to an activating group) is 1. The molecule has 0 aliphatic heterocycles. The van der Waals surface area contributed by atoms with Crippen LogP contribution in [-0.4, -0.2) is 30.0 Å². The molecular formula is C17H14ClFN2O5. The fourth-order valence-corrected chi connectivity index (χ4v) is 2.38. The number of carbonyl (C=O) groups excluding carboxylic acids is 2. The number of rotatable bonds is 6. The molecule has 0 radical (unpaired) electrons. The summed E-state index contributed by atoms with van der Waals surface area (Å²) >= 11 is 5.86. The molecule has 2 rings (SSSR count). The van der Waals surface area contributed by atoms with E-state index in [4.69, 9.17) is 16.3 Å². The van der Waals surface area contributed by atoms with Crippen molar-refractivity contribution < 1.29 is 23.6 Å². The molecule has 0 saturated heterocycles. The van der Waals surface area contributed by atoms with Gasteiger partial charge in [0.2, 0.25) is 0 Å². The van der Waals surface area contributed by atoms with Crippen molar-refractivity contribution in [3.63, 3.8) is 0 Å². The van der Waals surface area contributed by atoms with E-state index in [2.05, 4.69) is 0 Å². The molecule has 0 saturated carbocycles. The second-order valence-corrected chi connectivity index (χ2v) is 5.52. The number of amides is 1. The first-order valence-electron chi connectivity index (χ1n) is 7.50. The normalized spacial score (nSPS) is 10.3. The highest BCUT2D eigenvalue weighted by Gasteiger charge is 2.20. The number of nitro groups is 1. The van der Waals surface area contributed by atoms with E-state index in [9.17, 15) is 24.1 Å². The number of halogens is 2. The fourth-order valence-electron chi connectivity index (χ4n) is 2.19. The van der Waals surface area contributed by atoms with Crippen LogP contribution in [0.15, 0.2) is 42.5 Å². The Kier molecular flexibility index (Phi) is 6.24. The highest BCUT2D eigenvalue weighted by atomic mass is 35.5. The van der Waals surface area contributed by atoms with E-state index in [1.165, 1.54) is 35.2 Å². The number of hydrogen-bond donors (Lipinski definition) is 0. The van der Waals surface area contributed by atoms with E-state index in [0.717, 1.165) is 12.1 Å². The average molecular weight is 381 g/mol. The van der Waals surface area contributed by atoms with Crippen molar-refractivity contribution in [2.45, 2.75) is 6.92 Å². The van der Waals surface area contributed by atoms with Crippen LogP contribution in [0.25, 0.3) is 0 Å². The molecule has 136 valence electrons. The zero-order chi connectivity index (χ0) is 19.3. The van der Waals surface area contributed by atoms with Crippen LogP contribution in [0.5, 0.6) is 0 Å². The summed E-state index contributed by atoms with van der Waals surface area (Å²) in [5.41, 5.74) is -0.0870. The van der Waals surface area contributed by atoms with Crippen molar-refractivity contribution in [3.8, 4) is 0 Å². The Labute approximate surface area is 153 Å². The van der Waals surface area contributed by atoms with E-state index in [-0.39, 0.29) is 22.8 Å². The minimum Gasteiger partial charge on any atom is -0.452 e. The third-order valence-electron chi connectivity index (χ3n) is 3.46. The van der Waals surface area contributed by atoms with Gasteiger partial charge in [0, 0.05) is 24.4 Å². The lowest BCUT2D eigenvalue weighted by molar-refractivity contribution is -0.384. The van der Waals surface area contributed by atoms with Crippen LogP contribution in [0.2, 0.25) is 5.02 Å². The van der Waals surface area contributed by atoms with Crippen LogP contribution in [0, 0.1) is 15.9 Å². The molecule has 0 heterocycles. The van der Waals surface area contributed by atoms with Crippen molar-refractivity contribution in [2.75, 3.05) is 18.1 Å². The van der Waals surface area contributed by atoms with Crippen LogP contribution < -0.4 is 4.90 Å². The van der Waals surface area contributed by atoms with Crippen LogP contribution in [-0.2, 0) is 9.53 Å². The molecule has 0 aromatic heterocycles. The molecule has 0 N–H and O–H groups in total. The Hall–Kier alpha value is -3.00. The van der Waals surface area contributed by atoms with Crippen LogP contribution >= 0.6 is 11.6 Å². The first-order valence-corrected chi connectivity index (χ1v) is 7.88. The lowest BCUT2D eigenvalue weighted by Crippen LogP contribution is -2.34. The Balaban J connectivity index is 2.08. The van der Waals surface area contributed by atoms with Gasteiger partial charge in [-0.2, -0.15) is 0 Å². The molecule has 2 aromatic rings. The Morgan fingerprint density at radius 3 is 2.46 bits per heavy atom. The van der Waals surface area contributed by atoms with Crippen molar-refractivity contribution in [1.29, 1.82) is 0 Å². The van der Waals surface area contributed by atoms with Gasteiger partial charge in [-0.1, -0.05) is 11.6 Å². The number of ether oxygens (including phenoxy) is 1. The summed E-state index contributed by atoms with van der Waals surface area (Å²) < 4.78 is 17.9. The number of esters is 1. The maximum absolute atomic E-state index is 13.0. The topological polar surface area (TPSA) is 89.8 Å². The number of nitro benzene ring substituents is 1. The van der Waals surface area contributed by atoms with Crippen LogP contribution in [0.1, 0.15) is 17.3 Å². The standard InChI is InChI=1S/C17H14ClFN2O5/c1-2-20(12-5-3-11(19)4-6-12)16(22)10-26-17(23)14-9-13(21(24)25)7-8-15(14)18/h3-9H,2,10H2,1H3. The van der Waals surface area contributed by atoms with Crippen LogP contribution in [0.4, 0.5) is 15.8 Å². The average Bonchev–Trinajstić information content (AvgIpc) is 2.62. The summed E-state index contributed by atoms with van der Waals surface area (Å²) in [4.78, 5) is 35.8. The van der Waals surface area contributed by atoms with Crippen LogP contribution in [0.3, 0.4) is 0 Å². The zero-order valence-corrected chi connectivity index (χ0v) is 14.4. The predicted octanol–water partition coefficient (Wildman–Crippen LogP) is 3.60. The number of nitrogens with zero attached hydrogens (tertiary/aromatic N) is 2. The summed E-state index contributed by atoms with van der Waals surface area (Å²) in [5.74, 6) is -1.93. The van der Waals surface area contributed by atoms with Gasteiger partial charge in [-0.05, 0) is 37.3 Å². The Morgan fingerprint density at radius 2 is 1.88 bits per heavy atom. The Bertz CT molecular complexity index is 842. The molecule has 2 aromatic carbocycles. The lowest BCUT2D eigenvalue weighted by atomic mass is 10.2. The quantitative estimate of drug-likeness (QED) is 0.434. The van der Waals surface area contributed by atoms with E-state index < -0.39 is 29.2 Å². The van der Waals surface area contributed by atoms with Gasteiger partial charge >= 0.3 is 5.97 Å². The molecular weight excluding hydrogens is 367 g/mol. The molecule has 0 spiro atoms. The van der Waals surface area contributed by atoms with E-state index in [0.29, 0.717) is 5.69 Å². The lowest BCUT2D eigenvalue weighted by Gasteiger charge is -2.20. The van der Waals surface area contributed by atoms with E-state index >= 15 is 0 Å². The Morgan fingerprint density at radius 1 is 1.23 bits per heavy atom. The predicted molar refractivity (Wildman–Crippen MR) is 92.8 cm³/mol. The van der Waals surface area contributed by atoms with Gasteiger partial charge < -0.3 is 9.64 Å². The summed E-state index contributed by atoms with van der Waals surface area (Å²) in [6, 6.07) is 8.60. The number of benzene rings is 2. The highest BCUT2D eigenvalue weighted by Crippen LogP contribution is 2.23. The fraction of sp³-hybridized carbons (Fsp3) is 0.176. The SMILES string of the molecule is CCN(C(=O)COC(=O)c1cc([N+](=O)[O-])ccc1Cl)c1ccc(F)cc1. The molecule has 9 heteroatoms. The van der Waals surface area contributed by atoms with E-state index in [1.807, 2.05) is 0 Å². The molecule has 0 atom stereocenters. The summed E-state index contributed by atoms with van der Waals surface area (Å²) in [7, 11) is 0. The minimum absolute atomic E-state index is 0.0288. The molecule has 26 heavy (non-hydrogen) atoms. The molecule has 0 aliphatic carbocycles. The summed E-state index contributed by atoms with van der Waals surface area (Å²) in [6.45, 7) is 1.39. The highest BCUT2D eigenvalue weighted by molar-refractivity contribution is 6.33. The van der Waals surface area contributed by atoms with Gasteiger partial charge in [0.05, 0.1) is 15.5 Å². The van der Waals surface area contributed by atoms with E-state index in [1.54, 1.807) is 6.92 Å². The van der Waals surface area contributed by atoms with Gasteiger partial charge in [-0.3, -0.25) is 14.9 Å². The maximum Gasteiger partial charge on any atom is 0.340 e. The van der Waals surface area contributed by atoms with Gasteiger partial charge in [0.15, 0.2) is 6.61 Å². The molecule has 0 bridgehead atoms. The monoisotopic (exact) mass is 380 g/mol. The molecule has 0 unspecified atom stereocenters. The number of hydrogen-bond acceptors (Lipinski definition) is 5. The third-order valence-corrected chi connectivity index (χ3v) is 3.79. The molecule has 0 fully saturated rings. The first-order chi connectivity index (χ1) is 12.3. The van der Waals surface area contributed by atoms with Crippen molar-refractivity contribution >= 4 is 34.9 Å². The summed E-state index contributed by atoms with van der Waals surface area (Å²) in [5, 5.41) is 10.8. The first kappa shape index (κ1) is 19.3. The second kappa shape index (κ2) is 8.39. The number of carbonyl (C=O) groups is 2. The maximum atomic E-state index is 13.0. The second-order valence-electron chi connectivity index (χ2n) is 5.11. The van der Waals surface area contributed by atoms with Gasteiger partial charge in [-0.15, -0.1) is 0 Å². The minimum atomic E-state index is -0.956. The van der Waals surface area contributed by atoms with Gasteiger partial charge in [0.1, 0.15) is 5.82 Å². The number of non-ortho nitro benzene ring substituents is 1. The smallest absolute Gasteiger partial charge is 0.340 e. The van der Waals surface area contributed by atoms with Crippen molar-refractivity contribution in [1.82, 2.24) is 0 Å². The molecule has 0 aliphatic rings. The van der Waals surface area contributed by atoms with Gasteiger partial charge in [0.25, 0.3) is 11.6 Å². The summed E-state index contributed by atoms with van der Waals surface area (Å²) in [6.07, 6.45) is 0. The van der Waals surface area contributed by atoms with Crippen molar-refractivity contribution in [3.05, 3.63) is 69.0 Å². The van der Waals surface area contributed by atoms with Gasteiger partial charge in [-0.25, -0.2) is 9.18 Å². The molecule has 1 amide bonds. The van der Waals surface area contributed by atoms with Crippen molar-refractivity contribution in [2.24, 2.45) is 0 Å². The third kappa shape index (κ3) is 4.54. The number of anilines is 1. The molecule has 7 nitrogen and oxygen atoms in total.